The molecule has 0 amide bonds. The zero-order chi connectivity index (χ0) is 7.78. The number of hydrogen-bond donors (Lipinski definition) is 0. The van der Waals surface area contributed by atoms with Crippen LogP contribution in [-0.2, 0) is 9.09 Å². The Bertz CT molecular complexity index is 169. The molecule has 1 rings (SSSR count). The summed E-state index contributed by atoms with van der Waals surface area (Å²) in [4.78, 5) is 0. The minimum absolute atomic E-state index is 0.332. The molecular formula is C6H14NO2P. The van der Waals surface area contributed by atoms with E-state index in [2.05, 4.69) is 0 Å². The summed E-state index contributed by atoms with van der Waals surface area (Å²) in [5.74, 6) is 0. The highest BCUT2D eigenvalue weighted by molar-refractivity contribution is 7.55. The summed E-state index contributed by atoms with van der Waals surface area (Å²) in [6.45, 7) is 7.17. The van der Waals surface area contributed by atoms with Crippen LogP contribution in [0.1, 0.15) is 13.8 Å². The van der Waals surface area contributed by atoms with Crippen LogP contribution in [0.2, 0.25) is 0 Å². The van der Waals surface area contributed by atoms with Gasteiger partial charge < -0.3 is 4.52 Å². The van der Waals surface area contributed by atoms with Gasteiger partial charge in [-0.3, -0.25) is 4.57 Å². The third kappa shape index (κ3) is 1.42. The van der Waals surface area contributed by atoms with Crippen molar-refractivity contribution in [3.05, 3.63) is 0 Å². The van der Waals surface area contributed by atoms with E-state index in [4.69, 9.17) is 4.52 Å². The van der Waals surface area contributed by atoms with Crippen LogP contribution >= 0.6 is 7.52 Å². The predicted molar refractivity (Wildman–Crippen MR) is 41.3 cm³/mol. The van der Waals surface area contributed by atoms with E-state index in [1.54, 1.807) is 6.66 Å². The second kappa shape index (κ2) is 2.65. The first-order valence-corrected chi connectivity index (χ1v) is 5.55. The standard InChI is InChI=1S/C6H14NO2P/c1-6(2)7-4-5-9-10(7,3)8/h6H,4-5H2,1-3H3. The molecule has 0 aromatic rings. The third-order valence-corrected chi connectivity index (χ3v) is 3.97. The quantitative estimate of drug-likeness (QED) is 0.549. The Balaban J connectivity index is 2.69. The zero-order valence-corrected chi connectivity index (χ0v) is 7.60. The molecule has 60 valence electrons. The van der Waals surface area contributed by atoms with E-state index in [1.165, 1.54) is 0 Å². The molecule has 3 nitrogen and oxygen atoms in total. The Labute approximate surface area is 61.9 Å². The maximum atomic E-state index is 11.5. The van der Waals surface area contributed by atoms with Gasteiger partial charge in [0.25, 0.3) is 7.52 Å². The van der Waals surface area contributed by atoms with E-state index < -0.39 is 7.52 Å². The second-order valence-corrected chi connectivity index (χ2v) is 5.27. The van der Waals surface area contributed by atoms with Gasteiger partial charge in [0.2, 0.25) is 0 Å². The van der Waals surface area contributed by atoms with Crippen molar-refractivity contribution >= 4 is 7.52 Å². The van der Waals surface area contributed by atoms with Crippen LogP contribution < -0.4 is 0 Å². The number of nitrogens with zero attached hydrogens (tertiary/aromatic N) is 1. The first-order chi connectivity index (χ1) is 4.54. The summed E-state index contributed by atoms with van der Waals surface area (Å²) < 4.78 is 18.5. The molecule has 10 heavy (non-hydrogen) atoms. The molecule has 0 spiro atoms. The predicted octanol–water partition coefficient (Wildman–Crippen LogP) is 1.55. The first-order valence-electron chi connectivity index (χ1n) is 3.53. The molecule has 1 aliphatic heterocycles. The first kappa shape index (κ1) is 8.25. The molecule has 1 heterocycles. The van der Waals surface area contributed by atoms with E-state index in [0.717, 1.165) is 6.54 Å². The van der Waals surface area contributed by atoms with Gasteiger partial charge in [-0.05, 0) is 13.8 Å². The average Bonchev–Trinajstić information content (AvgIpc) is 2.08. The van der Waals surface area contributed by atoms with Gasteiger partial charge in [-0.25, -0.2) is 4.67 Å². The Morgan fingerprint density at radius 3 is 2.40 bits per heavy atom. The largest absolute Gasteiger partial charge is 0.316 e. The zero-order valence-electron chi connectivity index (χ0n) is 6.70. The maximum Gasteiger partial charge on any atom is 0.269 e. The Morgan fingerprint density at radius 2 is 2.20 bits per heavy atom. The summed E-state index contributed by atoms with van der Waals surface area (Å²) in [5, 5.41) is 0. The van der Waals surface area contributed by atoms with Gasteiger partial charge >= 0.3 is 0 Å². The SMILES string of the molecule is CC(C)N1CCOP1(C)=O. The van der Waals surface area contributed by atoms with Gasteiger partial charge in [0.05, 0.1) is 6.61 Å². The van der Waals surface area contributed by atoms with Crippen LogP contribution in [0.4, 0.5) is 0 Å². The molecule has 1 aliphatic rings. The minimum Gasteiger partial charge on any atom is -0.316 e. The highest BCUT2D eigenvalue weighted by Gasteiger charge is 2.33. The summed E-state index contributed by atoms with van der Waals surface area (Å²) in [6.07, 6.45) is 0. The molecule has 1 saturated heterocycles. The number of rotatable bonds is 1. The van der Waals surface area contributed by atoms with Crippen LogP contribution in [0, 0.1) is 0 Å². The van der Waals surface area contributed by atoms with Gasteiger partial charge in [-0.1, -0.05) is 0 Å². The van der Waals surface area contributed by atoms with Crippen LogP contribution in [-0.4, -0.2) is 30.5 Å². The van der Waals surface area contributed by atoms with Gasteiger partial charge in [0.15, 0.2) is 0 Å². The monoisotopic (exact) mass is 163 g/mol. The summed E-state index contributed by atoms with van der Waals surface area (Å²) in [5.41, 5.74) is 0. The lowest BCUT2D eigenvalue weighted by Gasteiger charge is -2.22. The molecule has 0 N–H and O–H groups in total. The molecule has 0 radical (unpaired) electrons. The Hall–Kier alpha value is 0.150. The third-order valence-electron chi connectivity index (χ3n) is 1.71. The van der Waals surface area contributed by atoms with Crippen LogP contribution in [0.3, 0.4) is 0 Å². The second-order valence-electron chi connectivity index (χ2n) is 2.89. The van der Waals surface area contributed by atoms with Crippen LogP contribution in [0.5, 0.6) is 0 Å². The molecule has 0 aromatic heterocycles. The molecular weight excluding hydrogens is 149 g/mol. The summed E-state index contributed by atoms with van der Waals surface area (Å²) in [7, 11) is -2.38. The van der Waals surface area contributed by atoms with Crippen molar-refractivity contribution in [1.82, 2.24) is 4.67 Å². The van der Waals surface area contributed by atoms with E-state index in [9.17, 15) is 4.57 Å². The van der Waals surface area contributed by atoms with Crippen molar-refractivity contribution in [2.75, 3.05) is 19.8 Å². The van der Waals surface area contributed by atoms with E-state index >= 15 is 0 Å². The average molecular weight is 163 g/mol. The summed E-state index contributed by atoms with van der Waals surface area (Å²) in [6, 6.07) is 0.332. The topological polar surface area (TPSA) is 29.5 Å². The van der Waals surface area contributed by atoms with Gasteiger partial charge in [0.1, 0.15) is 0 Å². The van der Waals surface area contributed by atoms with E-state index in [0.29, 0.717) is 12.6 Å². The van der Waals surface area contributed by atoms with Gasteiger partial charge in [-0.15, -0.1) is 0 Å². The molecule has 0 bridgehead atoms. The van der Waals surface area contributed by atoms with Gasteiger partial charge in [-0.2, -0.15) is 0 Å². The number of hydrogen-bond acceptors (Lipinski definition) is 2. The van der Waals surface area contributed by atoms with Crippen molar-refractivity contribution < 1.29 is 9.09 Å². The van der Waals surface area contributed by atoms with Crippen LogP contribution in [0.15, 0.2) is 0 Å². The molecule has 1 atom stereocenters. The van der Waals surface area contributed by atoms with Crippen molar-refractivity contribution in [3.63, 3.8) is 0 Å². The molecule has 1 fully saturated rings. The fourth-order valence-electron chi connectivity index (χ4n) is 1.24. The van der Waals surface area contributed by atoms with E-state index in [-0.39, 0.29) is 0 Å². The smallest absolute Gasteiger partial charge is 0.269 e. The Kier molecular flexibility index (Phi) is 2.18. The lowest BCUT2D eigenvalue weighted by molar-refractivity contribution is 0.362. The molecule has 0 aromatic carbocycles. The highest BCUT2D eigenvalue weighted by Crippen LogP contribution is 2.51. The molecule has 0 saturated carbocycles. The lowest BCUT2D eigenvalue weighted by atomic mass is 10.4. The fraction of sp³-hybridized carbons (Fsp3) is 1.00. The summed E-state index contributed by atoms with van der Waals surface area (Å²) >= 11 is 0. The molecule has 1 unspecified atom stereocenters. The maximum absolute atomic E-state index is 11.5. The van der Waals surface area contributed by atoms with Crippen molar-refractivity contribution in [2.45, 2.75) is 19.9 Å². The lowest BCUT2D eigenvalue weighted by Crippen LogP contribution is -2.24. The van der Waals surface area contributed by atoms with Crippen molar-refractivity contribution in [2.24, 2.45) is 0 Å². The minimum atomic E-state index is -2.38. The van der Waals surface area contributed by atoms with Crippen LogP contribution in [0.25, 0.3) is 0 Å². The molecule has 4 heteroatoms. The van der Waals surface area contributed by atoms with Crippen molar-refractivity contribution in [1.29, 1.82) is 0 Å². The van der Waals surface area contributed by atoms with E-state index in [1.807, 2.05) is 18.5 Å². The molecule has 0 aliphatic carbocycles. The van der Waals surface area contributed by atoms with Gasteiger partial charge in [0, 0.05) is 19.3 Å². The highest BCUT2D eigenvalue weighted by atomic mass is 31.2. The Morgan fingerprint density at radius 1 is 1.60 bits per heavy atom. The fourth-order valence-corrected chi connectivity index (χ4v) is 3.09. The van der Waals surface area contributed by atoms with Crippen molar-refractivity contribution in [3.8, 4) is 0 Å². The normalized spacial score (nSPS) is 35.6.